The Balaban J connectivity index is 1.66. The maximum absolute atomic E-state index is 12.2. The van der Waals surface area contributed by atoms with Crippen molar-refractivity contribution in [3.63, 3.8) is 0 Å². The molecule has 25 heavy (non-hydrogen) atoms. The number of nitrogens with zero attached hydrogens (tertiary/aromatic N) is 1. The molecule has 130 valence electrons. The van der Waals surface area contributed by atoms with Gasteiger partial charge in [0.15, 0.2) is 5.11 Å². The largest absolute Gasteiger partial charge is 0.370 e. The first-order valence-corrected chi connectivity index (χ1v) is 9.05. The number of carbonyl (C=O) groups excluding carboxylic acids is 1. The van der Waals surface area contributed by atoms with Crippen LogP contribution in [-0.4, -0.2) is 24.1 Å². The maximum atomic E-state index is 12.2. The summed E-state index contributed by atoms with van der Waals surface area (Å²) in [5, 5.41) is 6.23. The van der Waals surface area contributed by atoms with Gasteiger partial charge in [0.1, 0.15) is 0 Å². The van der Waals surface area contributed by atoms with Gasteiger partial charge in [-0.05, 0) is 55.2 Å². The van der Waals surface area contributed by atoms with Gasteiger partial charge in [-0.1, -0.05) is 37.3 Å². The summed E-state index contributed by atoms with van der Waals surface area (Å²) in [7, 11) is 0. The van der Waals surface area contributed by atoms with Crippen molar-refractivity contribution in [3.8, 4) is 0 Å². The maximum Gasteiger partial charge on any atom is 0.257 e. The number of nitrogens with one attached hydrogen (secondary N) is 2. The lowest BCUT2D eigenvalue weighted by molar-refractivity contribution is 0.0977. The number of carbonyl (C=O) groups is 1. The highest BCUT2D eigenvalue weighted by atomic mass is 32.1. The highest BCUT2D eigenvalue weighted by Gasteiger charge is 2.18. The summed E-state index contributed by atoms with van der Waals surface area (Å²) in [6, 6.07) is 17.2. The number of thiocarbonyl (C=S) groups is 1. The Morgan fingerprint density at radius 3 is 2.40 bits per heavy atom. The summed E-state index contributed by atoms with van der Waals surface area (Å²) in [4.78, 5) is 14.6. The third kappa shape index (κ3) is 4.57. The van der Waals surface area contributed by atoms with Crippen molar-refractivity contribution in [1.82, 2.24) is 5.32 Å². The first-order chi connectivity index (χ1) is 12.1. The molecule has 4 nitrogen and oxygen atoms in total. The van der Waals surface area contributed by atoms with Crippen LogP contribution >= 0.6 is 12.2 Å². The molecule has 0 unspecified atom stereocenters. The molecule has 0 aromatic heterocycles. The van der Waals surface area contributed by atoms with Crippen LogP contribution in [-0.2, 0) is 0 Å². The number of rotatable bonds is 3. The van der Waals surface area contributed by atoms with E-state index in [0.29, 0.717) is 10.7 Å². The van der Waals surface area contributed by atoms with Gasteiger partial charge in [-0.2, -0.15) is 0 Å². The molecule has 1 heterocycles. The van der Waals surface area contributed by atoms with E-state index in [2.05, 4.69) is 28.5 Å². The first-order valence-electron chi connectivity index (χ1n) is 8.65. The Hall–Kier alpha value is -2.40. The topological polar surface area (TPSA) is 44.4 Å². The van der Waals surface area contributed by atoms with Crippen LogP contribution in [0.2, 0.25) is 0 Å². The predicted molar refractivity (Wildman–Crippen MR) is 107 cm³/mol. The van der Waals surface area contributed by atoms with E-state index in [1.54, 1.807) is 12.1 Å². The fourth-order valence-corrected chi connectivity index (χ4v) is 3.23. The van der Waals surface area contributed by atoms with Crippen LogP contribution < -0.4 is 15.5 Å². The van der Waals surface area contributed by atoms with Crippen LogP contribution in [0.5, 0.6) is 0 Å². The molecule has 5 heteroatoms. The normalized spacial score (nSPS) is 14.8. The van der Waals surface area contributed by atoms with Crippen molar-refractivity contribution in [2.45, 2.75) is 19.8 Å². The van der Waals surface area contributed by atoms with Crippen LogP contribution in [0, 0.1) is 5.92 Å². The molecular weight excluding hydrogens is 330 g/mol. The molecule has 1 fully saturated rings. The monoisotopic (exact) mass is 353 g/mol. The van der Waals surface area contributed by atoms with E-state index in [4.69, 9.17) is 12.2 Å². The Labute approximate surface area is 154 Å². The van der Waals surface area contributed by atoms with E-state index < -0.39 is 0 Å². The SMILES string of the molecule is CC1CCN(c2ccccc2NC(=S)NC(=O)c2ccccc2)CC1. The molecule has 1 aliphatic rings. The van der Waals surface area contributed by atoms with Crippen molar-refractivity contribution in [1.29, 1.82) is 0 Å². The Morgan fingerprint density at radius 2 is 1.68 bits per heavy atom. The average Bonchev–Trinajstić information content (AvgIpc) is 2.63. The molecule has 0 spiro atoms. The zero-order chi connectivity index (χ0) is 17.6. The van der Waals surface area contributed by atoms with Gasteiger partial charge in [0.2, 0.25) is 0 Å². The third-order valence-electron chi connectivity index (χ3n) is 4.54. The smallest absolute Gasteiger partial charge is 0.257 e. The highest BCUT2D eigenvalue weighted by Crippen LogP contribution is 2.29. The summed E-state index contributed by atoms with van der Waals surface area (Å²) in [5.41, 5.74) is 2.64. The molecule has 2 aromatic carbocycles. The van der Waals surface area contributed by atoms with Gasteiger partial charge in [0.25, 0.3) is 5.91 Å². The minimum absolute atomic E-state index is 0.206. The minimum atomic E-state index is -0.206. The molecule has 3 rings (SSSR count). The summed E-state index contributed by atoms with van der Waals surface area (Å²) in [5.74, 6) is 0.574. The Kier molecular flexibility index (Phi) is 5.66. The number of piperidine rings is 1. The van der Waals surface area contributed by atoms with Gasteiger partial charge in [-0.3, -0.25) is 10.1 Å². The van der Waals surface area contributed by atoms with E-state index in [9.17, 15) is 4.79 Å². The lowest BCUT2D eigenvalue weighted by Gasteiger charge is -2.33. The molecule has 2 N–H and O–H groups in total. The zero-order valence-electron chi connectivity index (χ0n) is 14.4. The van der Waals surface area contributed by atoms with Crippen LogP contribution in [0.15, 0.2) is 54.6 Å². The number of amides is 1. The van der Waals surface area contributed by atoms with E-state index >= 15 is 0 Å². The molecule has 0 aliphatic carbocycles. The second kappa shape index (κ2) is 8.12. The number of benzene rings is 2. The van der Waals surface area contributed by atoms with Gasteiger partial charge >= 0.3 is 0 Å². The van der Waals surface area contributed by atoms with Crippen molar-refractivity contribution in [3.05, 3.63) is 60.2 Å². The number of anilines is 2. The molecular formula is C20H23N3OS. The molecule has 0 saturated carbocycles. The molecule has 1 amide bonds. The van der Waals surface area contributed by atoms with Crippen molar-refractivity contribution in [2.24, 2.45) is 5.92 Å². The quantitative estimate of drug-likeness (QED) is 0.817. The third-order valence-corrected chi connectivity index (χ3v) is 4.74. The Bertz CT molecular complexity index is 740. The van der Waals surface area contributed by atoms with Gasteiger partial charge < -0.3 is 10.2 Å². The average molecular weight is 353 g/mol. The highest BCUT2D eigenvalue weighted by molar-refractivity contribution is 7.80. The fraction of sp³-hybridized carbons (Fsp3) is 0.300. The summed E-state index contributed by atoms with van der Waals surface area (Å²) in [6.45, 7) is 4.39. The van der Waals surface area contributed by atoms with Crippen LogP contribution in [0.4, 0.5) is 11.4 Å². The van der Waals surface area contributed by atoms with Crippen molar-refractivity contribution >= 4 is 34.6 Å². The lowest BCUT2D eigenvalue weighted by atomic mass is 9.98. The predicted octanol–water partition coefficient (Wildman–Crippen LogP) is 4.05. The molecule has 1 saturated heterocycles. The van der Waals surface area contributed by atoms with E-state index in [0.717, 1.165) is 30.4 Å². The van der Waals surface area contributed by atoms with Crippen LogP contribution in [0.25, 0.3) is 0 Å². The molecule has 0 bridgehead atoms. The number of hydrogen-bond acceptors (Lipinski definition) is 3. The van der Waals surface area contributed by atoms with E-state index in [1.807, 2.05) is 36.4 Å². The lowest BCUT2D eigenvalue weighted by Crippen LogP contribution is -2.36. The molecule has 2 aromatic rings. The molecule has 0 atom stereocenters. The summed E-state index contributed by atoms with van der Waals surface area (Å²) < 4.78 is 0. The second-order valence-electron chi connectivity index (χ2n) is 6.46. The summed E-state index contributed by atoms with van der Waals surface area (Å²) >= 11 is 5.33. The first kappa shape index (κ1) is 17.4. The standard InChI is InChI=1S/C20H23N3OS/c1-15-11-13-23(14-12-15)18-10-6-5-9-17(18)21-20(25)22-19(24)16-7-3-2-4-8-16/h2-10,15H,11-14H2,1H3,(H2,21,22,24,25). The molecule has 1 aliphatic heterocycles. The zero-order valence-corrected chi connectivity index (χ0v) is 15.2. The van der Waals surface area contributed by atoms with Crippen LogP contribution in [0.1, 0.15) is 30.1 Å². The second-order valence-corrected chi connectivity index (χ2v) is 6.87. The van der Waals surface area contributed by atoms with Gasteiger partial charge in [-0.15, -0.1) is 0 Å². The van der Waals surface area contributed by atoms with Crippen molar-refractivity contribution in [2.75, 3.05) is 23.3 Å². The van der Waals surface area contributed by atoms with Gasteiger partial charge in [0.05, 0.1) is 11.4 Å². The van der Waals surface area contributed by atoms with Crippen molar-refractivity contribution < 1.29 is 4.79 Å². The van der Waals surface area contributed by atoms with Gasteiger partial charge in [-0.25, -0.2) is 0 Å². The fourth-order valence-electron chi connectivity index (χ4n) is 3.02. The van der Waals surface area contributed by atoms with E-state index in [-0.39, 0.29) is 5.91 Å². The summed E-state index contributed by atoms with van der Waals surface area (Å²) in [6.07, 6.45) is 2.40. The minimum Gasteiger partial charge on any atom is -0.370 e. The van der Waals surface area contributed by atoms with E-state index in [1.165, 1.54) is 12.8 Å². The molecule has 0 radical (unpaired) electrons. The Morgan fingerprint density at radius 1 is 1.04 bits per heavy atom. The number of hydrogen-bond donors (Lipinski definition) is 2. The van der Waals surface area contributed by atoms with Crippen LogP contribution in [0.3, 0.4) is 0 Å². The van der Waals surface area contributed by atoms with Gasteiger partial charge in [0, 0.05) is 18.7 Å². The number of para-hydroxylation sites is 2.